The van der Waals surface area contributed by atoms with Gasteiger partial charge in [0, 0.05) is 35.3 Å². The van der Waals surface area contributed by atoms with E-state index in [-0.39, 0.29) is 22.9 Å². The lowest BCUT2D eigenvalue weighted by atomic mass is 9.77. The van der Waals surface area contributed by atoms with Crippen molar-refractivity contribution in [1.82, 2.24) is 0 Å². The van der Waals surface area contributed by atoms with E-state index in [9.17, 15) is 9.59 Å². The Bertz CT molecular complexity index is 1090. The van der Waals surface area contributed by atoms with Crippen molar-refractivity contribution in [3.8, 4) is 0 Å². The van der Waals surface area contributed by atoms with Crippen molar-refractivity contribution in [3.63, 3.8) is 0 Å². The maximum atomic E-state index is 12.2. The van der Waals surface area contributed by atoms with Crippen LogP contribution in [0.15, 0.2) is 59.3 Å². The van der Waals surface area contributed by atoms with Crippen molar-refractivity contribution in [2.45, 2.75) is 38.7 Å². The number of Topliss-reactive ketones (excluding diaryl/α,β-unsaturated/α-hetero) is 1. The average Bonchev–Trinajstić information content (AvgIpc) is 2.88. The number of ketones is 1. The van der Waals surface area contributed by atoms with Gasteiger partial charge in [-0.3, -0.25) is 4.79 Å². The molecule has 3 aliphatic heterocycles. The molecular weight excluding hydrogens is 338 g/mol. The number of hydrogen-bond donors (Lipinski definition) is 0. The quantitative estimate of drug-likeness (QED) is 0.570. The van der Waals surface area contributed by atoms with E-state index >= 15 is 0 Å². The molecule has 3 heterocycles. The summed E-state index contributed by atoms with van der Waals surface area (Å²) in [6.07, 6.45) is 2.23. The number of ether oxygens (including phenoxy) is 1. The average molecular weight is 359 g/mol. The molecular formula is C23H21NO3. The van der Waals surface area contributed by atoms with E-state index < -0.39 is 5.97 Å². The van der Waals surface area contributed by atoms with E-state index in [0.29, 0.717) is 0 Å². The molecule has 4 nitrogen and oxygen atoms in total. The highest BCUT2D eigenvalue weighted by Gasteiger charge is 2.47. The molecule has 0 spiro atoms. The van der Waals surface area contributed by atoms with Crippen LogP contribution in [0.2, 0.25) is 0 Å². The Balaban J connectivity index is 1.82. The van der Waals surface area contributed by atoms with Crippen LogP contribution < -0.4 is 4.90 Å². The molecule has 0 bridgehead atoms. The third kappa shape index (κ3) is 2.10. The molecule has 0 N–H and O–H groups in total. The number of benzene rings is 2. The molecule has 0 aliphatic carbocycles. The maximum absolute atomic E-state index is 12.2. The van der Waals surface area contributed by atoms with Gasteiger partial charge in [-0.1, -0.05) is 44.2 Å². The van der Waals surface area contributed by atoms with Gasteiger partial charge in [-0.2, -0.15) is 0 Å². The van der Waals surface area contributed by atoms with Gasteiger partial charge in [-0.05, 0) is 35.4 Å². The van der Waals surface area contributed by atoms with Crippen LogP contribution >= 0.6 is 0 Å². The molecule has 5 rings (SSSR count). The zero-order chi connectivity index (χ0) is 18.9. The zero-order valence-corrected chi connectivity index (χ0v) is 15.7. The Morgan fingerprint density at radius 1 is 1.19 bits per heavy atom. The second-order valence-electron chi connectivity index (χ2n) is 8.06. The minimum absolute atomic E-state index is 0.146. The van der Waals surface area contributed by atoms with E-state index in [1.165, 1.54) is 28.9 Å². The van der Waals surface area contributed by atoms with Gasteiger partial charge < -0.3 is 9.64 Å². The number of nitrogens with zero attached hydrogens (tertiary/aromatic N) is 1. The molecule has 1 atom stereocenters. The molecule has 0 fully saturated rings. The summed E-state index contributed by atoms with van der Waals surface area (Å²) in [5, 5.41) is 2.48. The largest absolute Gasteiger partial charge is 0.454 e. The summed E-state index contributed by atoms with van der Waals surface area (Å²) in [5.74, 6) is -0.744. The van der Waals surface area contributed by atoms with Gasteiger partial charge in [0.1, 0.15) is 11.7 Å². The summed E-state index contributed by atoms with van der Waals surface area (Å²) in [6, 6.07) is 12.8. The van der Waals surface area contributed by atoms with Gasteiger partial charge in [0.25, 0.3) is 0 Å². The van der Waals surface area contributed by atoms with Crippen molar-refractivity contribution in [3.05, 3.63) is 64.9 Å². The second kappa shape index (κ2) is 5.32. The molecule has 3 aliphatic rings. The maximum Gasteiger partial charge on any atom is 0.342 e. The zero-order valence-electron chi connectivity index (χ0n) is 15.7. The first kappa shape index (κ1) is 16.3. The van der Waals surface area contributed by atoms with Crippen molar-refractivity contribution in [2.75, 3.05) is 11.4 Å². The van der Waals surface area contributed by atoms with E-state index in [1.54, 1.807) is 6.08 Å². The summed E-state index contributed by atoms with van der Waals surface area (Å²) >= 11 is 0. The van der Waals surface area contributed by atoms with Gasteiger partial charge in [0.2, 0.25) is 0 Å². The Kier molecular flexibility index (Phi) is 3.21. The molecule has 1 unspecified atom stereocenters. The first-order valence-corrected chi connectivity index (χ1v) is 9.37. The number of esters is 1. The van der Waals surface area contributed by atoms with Crippen molar-refractivity contribution < 1.29 is 14.3 Å². The number of carbonyl (C=O) groups excluding carboxylic acids is 2. The fourth-order valence-electron chi connectivity index (χ4n) is 4.96. The summed E-state index contributed by atoms with van der Waals surface area (Å²) in [6.45, 7) is 6.66. The number of fused-ring (bicyclic) bond motifs is 6. The standard InChI is InChI=1S/C23H21NO3/c1-13(25)16-12-17-19(27-22(16)26)10-11-24-18-9-8-14-6-4-5-7-15(14)20(18)23(2,3)21(17)24/h4-9,12,19H,10-11H2,1-3H3. The summed E-state index contributed by atoms with van der Waals surface area (Å²) < 4.78 is 5.64. The van der Waals surface area contributed by atoms with Crippen LogP contribution in [0.5, 0.6) is 0 Å². The highest BCUT2D eigenvalue weighted by Crippen LogP contribution is 2.54. The molecule has 0 aromatic heterocycles. The first-order valence-electron chi connectivity index (χ1n) is 9.37. The Morgan fingerprint density at radius 2 is 1.96 bits per heavy atom. The summed E-state index contributed by atoms with van der Waals surface area (Å²) in [7, 11) is 0. The molecule has 0 amide bonds. The van der Waals surface area contributed by atoms with E-state index in [4.69, 9.17) is 4.74 Å². The SMILES string of the molecule is CC(=O)C1=CC2=C3N(CCC2OC1=O)c1ccc2ccccc2c1C3(C)C. The van der Waals surface area contributed by atoms with Crippen molar-refractivity contribution in [1.29, 1.82) is 0 Å². The molecule has 4 heteroatoms. The van der Waals surface area contributed by atoms with Gasteiger partial charge in [0.05, 0.1) is 0 Å². The second-order valence-corrected chi connectivity index (χ2v) is 8.06. The van der Waals surface area contributed by atoms with Crippen LogP contribution in [-0.4, -0.2) is 24.4 Å². The highest BCUT2D eigenvalue weighted by atomic mass is 16.5. The predicted molar refractivity (Wildman–Crippen MR) is 105 cm³/mol. The molecule has 2 aromatic rings. The lowest BCUT2D eigenvalue weighted by molar-refractivity contribution is -0.144. The molecule has 136 valence electrons. The lowest BCUT2D eigenvalue weighted by Gasteiger charge is -2.38. The molecule has 2 aromatic carbocycles. The summed E-state index contributed by atoms with van der Waals surface area (Å²) in [5.41, 5.74) is 4.54. The fraction of sp³-hybridized carbons (Fsp3) is 0.304. The van der Waals surface area contributed by atoms with Crippen LogP contribution in [0.4, 0.5) is 5.69 Å². The van der Waals surface area contributed by atoms with Crippen LogP contribution in [0.1, 0.15) is 32.8 Å². The highest BCUT2D eigenvalue weighted by molar-refractivity contribution is 6.17. The Hall–Kier alpha value is -2.88. The van der Waals surface area contributed by atoms with Gasteiger partial charge >= 0.3 is 5.97 Å². The molecule has 0 saturated heterocycles. The van der Waals surface area contributed by atoms with E-state index in [1.807, 2.05) is 0 Å². The third-order valence-electron chi connectivity index (χ3n) is 6.07. The van der Waals surface area contributed by atoms with Crippen LogP contribution in [0.3, 0.4) is 0 Å². The summed E-state index contributed by atoms with van der Waals surface area (Å²) in [4.78, 5) is 26.5. The van der Waals surface area contributed by atoms with Crippen LogP contribution in [-0.2, 0) is 19.7 Å². The van der Waals surface area contributed by atoms with Crippen LogP contribution in [0, 0.1) is 0 Å². The lowest BCUT2D eigenvalue weighted by Crippen LogP contribution is -2.41. The minimum Gasteiger partial charge on any atom is -0.454 e. The molecule has 27 heavy (non-hydrogen) atoms. The van der Waals surface area contributed by atoms with Crippen molar-refractivity contribution in [2.24, 2.45) is 0 Å². The van der Waals surface area contributed by atoms with E-state index in [0.717, 1.165) is 24.2 Å². The normalized spacial score (nSPS) is 22.8. The third-order valence-corrected chi connectivity index (χ3v) is 6.07. The first-order chi connectivity index (χ1) is 12.9. The number of carbonyl (C=O) groups is 2. The Labute approximate surface area is 158 Å². The van der Waals surface area contributed by atoms with Gasteiger partial charge in [0.15, 0.2) is 5.78 Å². The van der Waals surface area contributed by atoms with Crippen LogP contribution in [0.25, 0.3) is 10.8 Å². The minimum atomic E-state index is -0.496. The predicted octanol–water partition coefficient (Wildman–Crippen LogP) is 4.04. The number of hydrogen-bond acceptors (Lipinski definition) is 4. The van der Waals surface area contributed by atoms with E-state index in [2.05, 4.69) is 55.1 Å². The topological polar surface area (TPSA) is 46.6 Å². The van der Waals surface area contributed by atoms with Crippen molar-refractivity contribution >= 4 is 28.2 Å². The monoisotopic (exact) mass is 359 g/mol. The number of rotatable bonds is 1. The number of allylic oxidation sites excluding steroid dienone is 1. The van der Waals surface area contributed by atoms with Gasteiger partial charge in [-0.25, -0.2) is 4.79 Å². The van der Waals surface area contributed by atoms with Gasteiger partial charge in [-0.15, -0.1) is 0 Å². The molecule has 0 saturated carbocycles. The smallest absolute Gasteiger partial charge is 0.342 e. The fourth-order valence-corrected chi connectivity index (χ4v) is 4.96. The number of anilines is 1. The Morgan fingerprint density at radius 3 is 2.74 bits per heavy atom. The molecule has 0 radical (unpaired) electrons.